The molecule has 1 aromatic heterocycles. The maximum atomic E-state index is 13.6. The summed E-state index contributed by atoms with van der Waals surface area (Å²) >= 11 is 0. The molecule has 1 saturated heterocycles. The molecule has 1 unspecified atom stereocenters. The van der Waals surface area contributed by atoms with Gasteiger partial charge in [0.2, 0.25) is 0 Å². The highest BCUT2D eigenvalue weighted by molar-refractivity contribution is 6.03. The SMILES string of the molecule is CC1(C2(O)COC2)CCc2nc(-c3cc(F)c(O)c(F)c3)ccc2C1=O. The molecule has 2 heterocycles. The van der Waals surface area contributed by atoms with Crippen molar-refractivity contribution in [3.63, 3.8) is 0 Å². The average Bonchev–Trinajstić information content (AvgIpc) is 2.60. The zero-order valence-corrected chi connectivity index (χ0v) is 14.1. The number of aromatic nitrogens is 1. The van der Waals surface area contributed by atoms with Gasteiger partial charge in [-0.3, -0.25) is 9.78 Å². The molecule has 2 N–H and O–H groups in total. The number of aromatic hydroxyl groups is 1. The second-order valence-electron chi connectivity index (χ2n) is 7.16. The van der Waals surface area contributed by atoms with Gasteiger partial charge in [0.05, 0.1) is 30.0 Å². The molecule has 136 valence electrons. The molecule has 1 aliphatic carbocycles. The van der Waals surface area contributed by atoms with Gasteiger partial charge < -0.3 is 14.9 Å². The van der Waals surface area contributed by atoms with Crippen LogP contribution in [0.25, 0.3) is 11.3 Å². The summed E-state index contributed by atoms with van der Waals surface area (Å²) in [4.78, 5) is 17.4. The van der Waals surface area contributed by atoms with Crippen molar-refractivity contribution in [3.8, 4) is 17.0 Å². The Morgan fingerprint density at radius 2 is 1.85 bits per heavy atom. The smallest absolute Gasteiger partial charge is 0.187 e. The Labute approximate surface area is 148 Å². The van der Waals surface area contributed by atoms with E-state index in [0.717, 1.165) is 12.1 Å². The minimum atomic E-state index is -1.18. The number of Topliss-reactive ketones (excluding diaryl/α,β-unsaturated/α-hetero) is 1. The van der Waals surface area contributed by atoms with Gasteiger partial charge in [0.15, 0.2) is 23.2 Å². The lowest BCUT2D eigenvalue weighted by Gasteiger charge is -2.50. The molecule has 2 aliphatic rings. The van der Waals surface area contributed by atoms with Crippen LogP contribution in [0.5, 0.6) is 5.75 Å². The molecular weight excluding hydrogens is 344 g/mol. The summed E-state index contributed by atoms with van der Waals surface area (Å²) in [7, 11) is 0. The number of carbonyl (C=O) groups is 1. The number of aliphatic hydroxyl groups is 1. The number of fused-ring (bicyclic) bond motifs is 1. The summed E-state index contributed by atoms with van der Waals surface area (Å²) in [5.74, 6) is -3.38. The molecule has 1 fully saturated rings. The van der Waals surface area contributed by atoms with E-state index in [2.05, 4.69) is 4.98 Å². The van der Waals surface area contributed by atoms with Crippen molar-refractivity contribution in [1.82, 2.24) is 4.98 Å². The zero-order valence-electron chi connectivity index (χ0n) is 14.1. The van der Waals surface area contributed by atoms with Crippen LogP contribution < -0.4 is 0 Å². The summed E-state index contributed by atoms with van der Waals surface area (Å²) in [6.07, 6.45) is 0.865. The molecule has 0 radical (unpaired) electrons. The molecule has 1 atom stereocenters. The van der Waals surface area contributed by atoms with Crippen molar-refractivity contribution in [1.29, 1.82) is 0 Å². The fourth-order valence-corrected chi connectivity index (χ4v) is 3.61. The van der Waals surface area contributed by atoms with E-state index in [4.69, 9.17) is 4.74 Å². The fourth-order valence-electron chi connectivity index (χ4n) is 3.61. The van der Waals surface area contributed by atoms with E-state index in [-0.39, 0.29) is 24.6 Å². The number of pyridine rings is 1. The zero-order chi connectivity index (χ0) is 18.7. The van der Waals surface area contributed by atoms with Crippen LogP contribution in [0.1, 0.15) is 29.4 Å². The van der Waals surface area contributed by atoms with Crippen molar-refractivity contribution < 1.29 is 28.5 Å². The van der Waals surface area contributed by atoms with Gasteiger partial charge in [-0.1, -0.05) is 0 Å². The van der Waals surface area contributed by atoms with E-state index in [1.165, 1.54) is 6.07 Å². The number of benzene rings is 1. The topological polar surface area (TPSA) is 79.7 Å². The van der Waals surface area contributed by atoms with Crippen LogP contribution in [0.2, 0.25) is 0 Å². The van der Waals surface area contributed by atoms with E-state index >= 15 is 0 Å². The first-order chi connectivity index (χ1) is 12.2. The van der Waals surface area contributed by atoms with Gasteiger partial charge in [-0.2, -0.15) is 0 Å². The maximum absolute atomic E-state index is 13.6. The average molecular weight is 361 g/mol. The highest BCUT2D eigenvalue weighted by Crippen LogP contribution is 2.46. The van der Waals surface area contributed by atoms with Gasteiger partial charge >= 0.3 is 0 Å². The third-order valence-corrected chi connectivity index (χ3v) is 5.60. The van der Waals surface area contributed by atoms with Crippen molar-refractivity contribution >= 4 is 5.78 Å². The molecule has 7 heteroatoms. The Kier molecular flexibility index (Phi) is 3.65. The number of phenolic OH excluding ortho intramolecular Hbond substituents is 1. The van der Waals surface area contributed by atoms with Gasteiger partial charge in [-0.25, -0.2) is 8.78 Å². The molecule has 0 amide bonds. The lowest BCUT2D eigenvalue weighted by atomic mass is 9.62. The first kappa shape index (κ1) is 17.1. The molecule has 1 aromatic carbocycles. The molecule has 1 aliphatic heterocycles. The van der Waals surface area contributed by atoms with Crippen LogP contribution in [0.4, 0.5) is 8.78 Å². The molecular formula is C19H17F2NO4. The Balaban J connectivity index is 1.73. The Bertz CT molecular complexity index is 903. The lowest BCUT2D eigenvalue weighted by Crippen LogP contribution is -2.64. The molecule has 0 spiro atoms. The van der Waals surface area contributed by atoms with Crippen LogP contribution >= 0.6 is 0 Å². The Hall–Kier alpha value is -2.38. The summed E-state index contributed by atoms with van der Waals surface area (Å²) in [6, 6.07) is 5.07. The van der Waals surface area contributed by atoms with Gasteiger partial charge in [0.25, 0.3) is 0 Å². The highest BCUT2D eigenvalue weighted by atomic mass is 19.1. The van der Waals surface area contributed by atoms with Crippen molar-refractivity contribution in [2.75, 3.05) is 13.2 Å². The van der Waals surface area contributed by atoms with E-state index in [9.17, 15) is 23.8 Å². The third kappa shape index (κ3) is 2.27. The number of carbonyl (C=O) groups excluding carboxylic acids is 1. The highest BCUT2D eigenvalue weighted by Gasteiger charge is 2.58. The van der Waals surface area contributed by atoms with Gasteiger partial charge in [0, 0.05) is 11.1 Å². The second-order valence-corrected chi connectivity index (χ2v) is 7.16. The monoisotopic (exact) mass is 361 g/mol. The number of halogens is 2. The maximum Gasteiger partial charge on any atom is 0.187 e. The number of rotatable bonds is 2. The predicted octanol–water partition coefficient (Wildman–Crippen LogP) is 2.63. The summed E-state index contributed by atoms with van der Waals surface area (Å²) in [6.45, 7) is 1.99. The Morgan fingerprint density at radius 1 is 1.19 bits per heavy atom. The first-order valence-electron chi connectivity index (χ1n) is 8.28. The quantitative estimate of drug-likeness (QED) is 0.860. The fraction of sp³-hybridized carbons (Fsp3) is 0.368. The van der Waals surface area contributed by atoms with Crippen molar-refractivity contribution in [3.05, 3.63) is 47.2 Å². The number of aryl methyl sites for hydroxylation is 1. The van der Waals surface area contributed by atoms with Gasteiger partial charge in [0.1, 0.15) is 5.60 Å². The standard InChI is InChI=1S/C19H17F2NO4/c1-18(19(25)8-26-9-19)5-4-15-11(17(18)24)2-3-14(22-15)10-6-12(20)16(23)13(21)7-10/h2-3,6-7,23,25H,4-5,8-9H2,1H3. The first-order valence-corrected chi connectivity index (χ1v) is 8.28. The van der Waals surface area contributed by atoms with Gasteiger partial charge in [-0.15, -0.1) is 0 Å². The van der Waals surface area contributed by atoms with E-state index in [1.807, 2.05) is 0 Å². The van der Waals surface area contributed by atoms with E-state index in [1.54, 1.807) is 13.0 Å². The number of nitrogens with zero attached hydrogens (tertiary/aromatic N) is 1. The molecule has 0 saturated carbocycles. The van der Waals surface area contributed by atoms with E-state index in [0.29, 0.717) is 29.8 Å². The van der Waals surface area contributed by atoms with Crippen LogP contribution in [0, 0.1) is 17.0 Å². The van der Waals surface area contributed by atoms with Crippen molar-refractivity contribution in [2.45, 2.75) is 25.4 Å². The summed E-state index contributed by atoms with van der Waals surface area (Å²) in [5, 5.41) is 19.9. The molecule has 4 rings (SSSR count). The lowest BCUT2D eigenvalue weighted by molar-refractivity contribution is -0.225. The third-order valence-electron chi connectivity index (χ3n) is 5.60. The van der Waals surface area contributed by atoms with Crippen LogP contribution in [-0.4, -0.2) is 39.8 Å². The normalized spacial score (nSPS) is 24.1. The van der Waals surface area contributed by atoms with Crippen LogP contribution in [0.15, 0.2) is 24.3 Å². The number of ether oxygens (including phenoxy) is 1. The number of hydrogen-bond donors (Lipinski definition) is 2. The van der Waals surface area contributed by atoms with E-state index < -0.39 is 28.4 Å². The number of ketones is 1. The second kappa shape index (κ2) is 5.56. The molecule has 26 heavy (non-hydrogen) atoms. The largest absolute Gasteiger partial charge is 0.503 e. The number of hydrogen-bond acceptors (Lipinski definition) is 5. The minimum absolute atomic E-state index is 0.127. The van der Waals surface area contributed by atoms with Crippen molar-refractivity contribution in [2.24, 2.45) is 5.41 Å². The van der Waals surface area contributed by atoms with Gasteiger partial charge in [-0.05, 0) is 44.0 Å². The minimum Gasteiger partial charge on any atom is -0.503 e. The summed E-state index contributed by atoms with van der Waals surface area (Å²) in [5.41, 5.74) is -0.705. The summed E-state index contributed by atoms with van der Waals surface area (Å²) < 4.78 is 32.3. The predicted molar refractivity (Wildman–Crippen MR) is 87.8 cm³/mol. The van der Waals surface area contributed by atoms with Crippen LogP contribution in [-0.2, 0) is 11.2 Å². The molecule has 0 bridgehead atoms. The Morgan fingerprint density at radius 3 is 2.42 bits per heavy atom. The van der Waals surface area contributed by atoms with Crippen LogP contribution in [0.3, 0.4) is 0 Å². The molecule has 2 aromatic rings. The molecule has 5 nitrogen and oxygen atoms in total. The number of phenols is 1.